The van der Waals surface area contributed by atoms with Crippen molar-refractivity contribution < 1.29 is 14.7 Å². The second-order valence-corrected chi connectivity index (χ2v) is 5.27. The van der Waals surface area contributed by atoms with Gasteiger partial charge in [-0.2, -0.15) is 0 Å². The molecule has 2 rings (SSSR count). The zero-order valence-electron chi connectivity index (χ0n) is 10.3. The molecule has 6 heteroatoms. The lowest BCUT2D eigenvalue weighted by atomic mass is 10.2. The van der Waals surface area contributed by atoms with Gasteiger partial charge in [0.05, 0.1) is 9.75 Å². The summed E-state index contributed by atoms with van der Waals surface area (Å²) in [5.41, 5.74) is 5.30. The Balaban J connectivity index is 2.15. The van der Waals surface area contributed by atoms with Crippen LogP contribution in [0.2, 0.25) is 0 Å². The molecule has 0 aliphatic carbocycles. The van der Waals surface area contributed by atoms with E-state index in [9.17, 15) is 9.59 Å². The van der Waals surface area contributed by atoms with Crippen LogP contribution in [0.4, 0.5) is 0 Å². The number of carbonyl (C=O) groups is 2. The van der Waals surface area contributed by atoms with Crippen LogP contribution in [0.1, 0.15) is 27.4 Å². The molecule has 19 heavy (non-hydrogen) atoms. The molecule has 1 aliphatic heterocycles. The molecule has 1 fully saturated rings. The van der Waals surface area contributed by atoms with Gasteiger partial charge in [-0.25, -0.2) is 0 Å². The standard InChI is InChI=1S/C13H14N2O3S/c14-12(17)10-4-1-7-15(10)13(18)11-6-5-9(19-11)3-2-8-16/h5-6,10,16H,1,4,7-8H2,(H2,14,17). The molecule has 5 nitrogen and oxygen atoms in total. The van der Waals surface area contributed by atoms with Crippen molar-refractivity contribution in [2.75, 3.05) is 13.2 Å². The summed E-state index contributed by atoms with van der Waals surface area (Å²) in [5.74, 6) is 4.65. The van der Waals surface area contributed by atoms with E-state index >= 15 is 0 Å². The zero-order chi connectivity index (χ0) is 13.8. The normalized spacial score (nSPS) is 17.9. The summed E-state index contributed by atoms with van der Waals surface area (Å²) >= 11 is 1.25. The number of aliphatic hydroxyl groups is 1. The van der Waals surface area contributed by atoms with Crippen molar-refractivity contribution in [3.63, 3.8) is 0 Å². The monoisotopic (exact) mass is 278 g/mol. The van der Waals surface area contributed by atoms with Gasteiger partial charge in [0.15, 0.2) is 0 Å². The molecule has 0 radical (unpaired) electrons. The van der Waals surface area contributed by atoms with Crippen LogP contribution < -0.4 is 5.73 Å². The third-order valence-electron chi connectivity index (χ3n) is 2.95. The topological polar surface area (TPSA) is 83.6 Å². The number of nitrogens with zero attached hydrogens (tertiary/aromatic N) is 1. The summed E-state index contributed by atoms with van der Waals surface area (Å²) < 4.78 is 0. The molecule has 1 atom stereocenters. The average Bonchev–Trinajstić information content (AvgIpc) is 3.04. The number of nitrogens with two attached hydrogens (primary N) is 1. The maximum Gasteiger partial charge on any atom is 0.264 e. The molecule has 1 unspecified atom stereocenters. The summed E-state index contributed by atoms with van der Waals surface area (Å²) in [7, 11) is 0. The van der Waals surface area contributed by atoms with E-state index in [1.165, 1.54) is 16.2 Å². The van der Waals surface area contributed by atoms with Crippen molar-refractivity contribution in [1.29, 1.82) is 0 Å². The Hall–Kier alpha value is -1.84. The van der Waals surface area contributed by atoms with Crippen molar-refractivity contribution in [2.24, 2.45) is 5.73 Å². The van der Waals surface area contributed by atoms with Gasteiger partial charge < -0.3 is 15.7 Å². The minimum Gasteiger partial charge on any atom is -0.384 e. The van der Waals surface area contributed by atoms with Crippen LogP contribution >= 0.6 is 11.3 Å². The zero-order valence-corrected chi connectivity index (χ0v) is 11.1. The van der Waals surface area contributed by atoms with E-state index in [4.69, 9.17) is 10.8 Å². The molecule has 0 bridgehead atoms. The quantitative estimate of drug-likeness (QED) is 0.757. The number of aliphatic hydroxyl groups excluding tert-OH is 1. The predicted octanol–water partition coefficient (Wildman–Crippen LogP) is 0.182. The minimum absolute atomic E-state index is 0.177. The highest BCUT2D eigenvalue weighted by Crippen LogP contribution is 2.23. The Labute approximate surface area is 115 Å². The summed E-state index contributed by atoms with van der Waals surface area (Å²) in [6, 6.07) is 2.92. The second-order valence-electron chi connectivity index (χ2n) is 4.18. The molecular formula is C13H14N2O3S. The smallest absolute Gasteiger partial charge is 0.264 e. The van der Waals surface area contributed by atoms with Crippen molar-refractivity contribution >= 4 is 23.2 Å². The number of thiophene rings is 1. The van der Waals surface area contributed by atoms with E-state index in [1.54, 1.807) is 12.1 Å². The highest BCUT2D eigenvalue weighted by Gasteiger charge is 2.33. The van der Waals surface area contributed by atoms with Crippen molar-refractivity contribution in [1.82, 2.24) is 4.90 Å². The van der Waals surface area contributed by atoms with Gasteiger partial charge in [0.2, 0.25) is 5.91 Å². The van der Waals surface area contributed by atoms with Gasteiger partial charge in [0, 0.05) is 6.54 Å². The van der Waals surface area contributed by atoms with Gasteiger partial charge >= 0.3 is 0 Å². The van der Waals surface area contributed by atoms with Crippen LogP contribution in [-0.4, -0.2) is 41.0 Å². The fraction of sp³-hybridized carbons (Fsp3) is 0.385. The van der Waals surface area contributed by atoms with Gasteiger partial charge in [-0.15, -0.1) is 11.3 Å². The number of hydrogen-bond acceptors (Lipinski definition) is 4. The fourth-order valence-corrected chi connectivity index (χ4v) is 2.93. The van der Waals surface area contributed by atoms with E-state index in [0.717, 1.165) is 6.42 Å². The molecule has 0 spiro atoms. The molecule has 1 aromatic rings. The molecule has 100 valence electrons. The lowest BCUT2D eigenvalue weighted by Crippen LogP contribution is -2.43. The Morgan fingerprint density at radius 1 is 1.53 bits per heavy atom. The Kier molecular flexibility index (Phi) is 4.20. The van der Waals surface area contributed by atoms with Gasteiger partial charge in [-0.1, -0.05) is 11.8 Å². The molecular weight excluding hydrogens is 264 g/mol. The predicted molar refractivity (Wildman–Crippen MR) is 71.5 cm³/mol. The minimum atomic E-state index is -0.499. The number of amides is 2. The van der Waals surface area contributed by atoms with Crippen LogP contribution in [0, 0.1) is 11.8 Å². The summed E-state index contributed by atoms with van der Waals surface area (Å²) in [6.07, 6.45) is 1.42. The van der Waals surface area contributed by atoms with Gasteiger partial charge in [-0.3, -0.25) is 9.59 Å². The average molecular weight is 278 g/mol. The highest BCUT2D eigenvalue weighted by molar-refractivity contribution is 7.14. The first kappa shape index (κ1) is 13.6. The first-order chi connectivity index (χ1) is 9.13. The third-order valence-corrected chi connectivity index (χ3v) is 3.94. The maximum atomic E-state index is 12.3. The SMILES string of the molecule is NC(=O)C1CCCN1C(=O)c1ccc(C#CCO)s1. The molecule has 3 N–H and O–H groups in total. The van der Waals surface area contributed by atoms with Crippen LogP contribution in [0.3, 0.4) is 0 Å². The fourth-order valence-electron chi connectivity index (χ4n) is 2.09. The second kappa shape index (κ2) is 5.87. The summed E-state index contributed by atoms with van der Waals surface area (Å²) in [5, 5.41) is 8.62. The molecule has 2 amide bonds. The first-order valence-electron chi connectivity index (χ1n) is 5.93. The Morgan fingerprint density at radius 2 is 2.32 bits per heavy atom. The van der Waals surface area contributed by atoms with E-state index in [-0.39, 0.29) is 12.5 Å². The van der Waals surface area contributed by atoms with Gasteiger partial charge in [0.25, 0.3) is 5.91 Å². The van der Waals surface area contributed by atoms with E-state index in [0.29, 0.717) is 22.7 Å². The molecule has 1 saturated heterocycles. The number of hydrogen-bond donors (Lipinski definition) is 2. The van der Waals surface area contributed by atoms with E-state index in [1.807, 2.05) is 0 Å². The van der Waals surface area contributed by atoms with Gasteiger partial charge in [-0.05, 0) is 25.0 Å². The molecule has 2 heterocycles. The number of primary amides is 1. The Bertz CT molecular complexity index is 556. The third kappa shape index (κ3) is 2.95. The number of carbonyl (C=O) groups excluding carboxylic acids is 2. The lowest BCUT2D eigenvalue weighted by molar-refractivity contribution is -0.121. The molecule has 0 saturated carbocycles. The number of rotatable bonds is 2. The van der Waals surface area contributed by atoms with Crippen LogP contribution in [0.5, 0.6) is 0 Å². The van der Waals surface area contributed by atoms with Crippen LogP contribution in [0.25, 0.3) is 0 Å². The van der Waals surface area contributed by atoms with Crippen LogP contribution in [-0.2, 0) is 4.79 Å². The summed E-state index contributed by atoms with van der Waals surface area (Å²) in [4.78, 5) is 26.3. The lowest BCUT2D eigenvalue weighted by Gasteiger charge is -2.21. The van der Waals surface area contributed by atoms with Crippen LogP contribution in [0.15, 0.2) is 12.1 Å². The van der Waals surface area contributed by atoms with E-state index in [2.05, 4.69) is 11.8 Å². The van der Waals surface area contributed by atoms with E-state index < -0.39 is 11.9 Å². The molecule has 1 aliphatic rings. The first-order valence-corrected chi connectivity index (χ1v) is 6.75. The van der Waals surface area contributed by atoms with Crippen molar-refractivity contribution in [2.45, 2.75) is 18.9 Å². The van der Waals surface area contributed by atoms with Crippen molar-refractivity contribution in [3.8, 4) is 11.8 Å². The number of likely N-dealkylation sites (tertiary alicyclic amines) is 1. The Morgan fingerprint density at radius 3 is 3.00 bits per heavy atom. The van der Waals surface area contributed by atoms with Gasteiger partial charge in [0.1, 0.15) is 12.6 Å². The van der Waals surface area contributed by atoms with Crippen molar-refractivity contribution in [3.05, 3.63) is 21.9 Å². The molecule has 0 aromatic carbocycles. The summed E-state index contributed by atoms with van der Waals surface area (Å²) in [6.45, 7) is 0.346. The highest BCUT2D eigenvalue weighted by atomic mass is 32.1. The maximum absolute atomic E-state index is 12.3. The largest absolute Gasteiger partial charge is 0.384 e. The molecule has 1 aromatic heterocycles.